The maximum atomic E-state index is 10.1. The summed E-state index contributed by atoms with van der Waals surface area (Å²) < 4.78 is 4.49. The van der Waals surface area contributed by atoms with Gasteiger partial charge in [0.15, 0.2) is 0 Å². The molecule has 0 radical (unpaired) electrons. The van der Waals surface area contributed by atoms with Gasteiger partial charge in [0.1, 0.15) is 12.6 Å². The molecule has 0 aliphatic carbocycles. The zero-order valence-electron chi connectivity index (χ0n) is 6.05. The molecule has 0 atom stereocenters. The normalized spacial score (nSPS) is 8.10. The first kappa shape index (κ1) is 13.3. The van der Waals surface area contributed by atoms with Crippen LogP contribution in [-0.2, 0) is 14.3 Å². The molecule has 0 fully saturated rings. The number of aliphatic carboxylic acids is 1. The van der Waals surface area contributed by atoms with Crippen LogP contribution < -0.4 is 56.5 Å². The maximum absolute atomic E-state index is 10.1. The number of Topliss-reactive ketones (excluding diaryl/α,β-unsaturated/α-hetero) is 1. The van der Waals surface area contributed by atoms with Gasteiger partial charge in [-0.1, -0.05) is 0 Å². The molecule has 5 heteroatoms. The van der Waals surface area contributed by atoms with E-state index >= 15 is 0 Å². The fourth-order valence-corrected chi connectivity index (χ4v) is 0.254. The molecule has 0 spiro atoms. The van der Waals surface area contributed by atoms with Crippen molar-refractivity contribution in [3.8, 4) is 0 Å². The van der Waals surface area contributed by atoms with Crippen molar-refractivity contribution in [3.63, 3.8) is 0 Å². The van der Waals surface area contributed by atoms with Crippen LogP contribution in [0, 0.1) is 0 Å². The van der Waals surface area contributed by atoms with Gasteiger partial charge in [0, 0.05) is 6.61 Å². The Hall–Kier alpha value is 0.736. The average Bonchev–Trinajstić information content (AvgIpc) is 1.82. The van der Waals surface area contributed by atoms with Crippen LogP contribution in [0.1, 0.15) is 6.92 Å². The number of carbonyl (C=O) groups excluding carboxylic acids is 2. The Bertz CT molecular complexity index is 123. The van der Waals surface area contributed by atoms with E-state index in [9.17, 15) is 14.7 Å². The van der Waals surface area contributed by atoms with Gasteiger partial charge in [-0.15, -0.1) is 0 Å². The molecular weight excluding hydrogens is 163 g/mol. The third kappa shape index (κ3) is 6.85. The first-order chi connectivity index (χ1) is 4.18. The van der Waals surface area contributed by atoms with Crippen LogP contribution >= 0.6 is 0 Å². The van der Waals surface area contributed by atoms with E-state index in [-0.39, 0.29) is 51.4 Å². The third-order valence-electron chi connectivity index (χ3n) is 0.665. The van der Waals surface area contributed by atoms with Gasteiger partial charge in [-0.05, 0) is 6.92 Å². The Labute approximate surface area is 101 Å². The van der Waals surface area contributed by atoms with Crippen LogP contribution in [0.3, 0.4) is 0 Å². The zero-order chi connectivity index (χ0) is 7.28. The van der Waals surface area contributed by atoms with Gasteiger partial charge in [-0.3, -0.25) is 4.79 Å². The van der Waals surface area contributed by atoms with E-state index in [2.05, 4.69) is 4.74 Å². The van der Waals surface area contributed by atoms with Crippen LogP contribution in [-0.4, -0.2) is 25.0 Å². The minimum Gasteiger partial charge on any atom is -0.542 e. The van der Waals surface area contributed by atoms with Gasteiger partial charge in [0.25, 0.3) is 0 Å². The summed E-state index contributed by atoms with van der Waals surface area (Å²) >= 11 is 0. The SMILES string of the molecule is CCOCC(=O)C(=O)[O-].[K+]. The monoisotopic (exact) mass is 170 g/mol. The zero-order valence-corrected chi connectivity index (χ0v) is 9.17. The van der Waals surface area contributed by atoms with Crippen molar-refractivity contribution in [1.82, 2.24) is 0 Å². The van der Waals surface area contributed by atoms with E-state index in [1.165, 1.54) is 0 Å². The van der Waals surface area contributed by atoms with Crippen molar-refractivity contribution in [3.05, 3.63) is 0 Å². The largest absolute Gasteiger partial charge is 1.00 e. The molecular formula is C5H7KO4. The molecule has 10 heavy (non-hydrogen) atoms. The van der Waals surface area contributed by atoms with Gasteiger partial charge in [-0.25, -0.2) is 0 Å². The van der Waals surface area contributed by atoms with E-state index < -0.39 is 18.4 Å². The first-order valence-corrected chi connectivity index (χ1v) is 2.50. The molecule has 0 aliphatic rings. The predicted octanol–water partition coefficient (Wildman–Crippen LogP) is -4.65. The number of rotatable bonds is 4. The Balaban J connectivity index is 0. The predicted molar refractivity (Wildman–Crippen MR) is 26.5 cm³/mol. The summed E-state index contributed by atoms with van der Waals surface area (Å²) in [6.45, 7) is 1.61. The summed E-state index contributed by atoms with van der Waals surface area (Å²) in [4.78, 5) is 19.8. The second-order valence-electron chi connectivity index (χ2n) is 1.35. The number of carboxylic acid groups (broad SMARTS) is 1. The minimum absolute atomic E-state index is 0. The van der Waals surface area contributed by atoms with Crippen LogP contribution in [0.15, 0.2) is 0 Å². The molecule has 0 aromatic heterocycles. The van der Waals surface area contributed by atoms with Crippen molar-refractivity contribution in [1.29, 1.82) is 0 Å². The fraction of sp³-hybridized carbons (Fsp3) is 0.600. The molecule has 0 saturated heterocycles. The Morgan fingerprint density at radius 1 is 1.50 bits per heavy atom. The summed E-state index contributed by atoms with van der Waals surface area (Å²) in [5, 5.41) is 9.66. The Morgan fingerprint density at radius 2 is 2.00 bits per heavy atom. The smallest absolute Gasteiger partial charge is 0.542 e. The van der Waals surface area contributed by atoms with Gasteiger partial charge >= 0.3 is 51.4 Å². The number of carbonyl (C=O) groups is 2. The van der Waals surface area contributed by atoms with Gasteiger partial charge in [0.2, 0.25) is 5.78 Å². The van der Waals surface area contributed by atoms with Gasteiger partial charge in [0.05, 0.1) is 0 Å². The van der Waals surface area contributed by atoms with E-state index in [0.717, 1.165) is 0 Å². The summed E-state index contributed by atoms with van der Waals surface area (Å²) in [6, 6.07) is 0. The summed E-state index contributed by atoms with van der Waals surface area (Å²) in [7, 11) is 0. The summed E-state index contributed by atoms with van der Waals surface area (Å²) in [5.74, 6) is -2.71. The molecule has 0 bridgehead atoms. The van der Waals surface area contributed by atoms with Crippen molar-refractivity contribution in [2.45, 2.75) is 6.92 Å². The standard InChI is InChI=1S/C5H8O4.K/c1-2-9-3-4(6)5(7)8;/h2-3H2,1H3,(H,7,8);/q;+1/p-1. The molecule has 4 nitrogen and oxygen atoms in total. The van der Waals surface area contributed by atoms with Crippen molar-refractivity contribution >= 4 is 11.8 Å². The topological polar surface area (TPSA) is 66.4 Å². The van der Waals surface area contributed by atoms with E-state index in [1.807, 2.05) is 0 Å². The second-order valence-corrected chi connectivity index (χ2v) is 1.35. The summed E-state index contributed by atoms with van der Waals surface area (Å²) in [6.07, 6.45) is 0. The molecule has 0 aromatic carbocycles. The van der Waals surface area contributed by atoms with Crippen molar-refractivity contribution < 1.29 is 70.8 Å². The average molecular weight is 170 g/mol. The first-order valence-electron chi connectivity index (χ1n) is 2.50. The number of hydrogen-bond donors (Lipinski definition) is 0. The third-order valence-corrected chi connectivity index (χ3v) is 0.665. The van der Waals surface area contributed by atoms with E-state index in [1.54, 1.807) is 6.92 Å². The van der Waals surface area contributed by atoms with Crippen LogP contribution in [0.4, 0.5) is 0 Å². The van der Waals surface area contributed by atoms with Crippen LogP contribution in [0.2, 0.25) is 0 Å². The number of ketones is 1. The molecule has 0 aromatic rings. The molecule has 0 heterocycles. The molecule has 0 unspecified atom stereocenters. The van der Waals surface area contributed by atoms with Crippen LogP contribution in [0.5, 0.6) is 0 Å². The van der Waals surface area contributed by atoms with Crippen LogP contribution in [0.25, 0.3) is 0 Å². The number of carboxylic acids is 1. The molecule has 0 rings (SSSR count). The molecule has 0 N–H and O–H groups in total. The second kappa shape index (κ2) is 7.84. The number of hydrogen-bond acceptors (Lipinski definition) is 4. The van der Waals surface area contributed by atoms with Crippen molar-refractivity contribution in [2.24, 2.45) is 0 Å². The number of ether oxygens (including phenoxy) is 1. The summed E-state index contributed by atoms with van der Waals surface area (Å²) in [5.41, 5.74) is 0. The molecule has 0 saturated carbocycles. The quantitative estimate of drug-likeness (QED) is 0.314. The Kier molecular flexibility index (Phi) is 10.5. The minimum atomic E-state index is -1.69. The molecule has 0 amide bonds. The molecule has 0 aliphatic heterocycles. The Morgan fingerprint density at radius 3 is 2.30 bits per heavy atom. The van der Waals surface area contributed by atoms with E-state index in [4.69, 9.17) is 0 Å². The van der Waals surface area contributed by atoms with Gasteiger partial charge in [-0.2, -0.15) is 0 Å². The fourth-order valence-electron chi connectivity index (χ4n) is 0.254. The molecule has 52 valence electrons. The van der Waals surface area contributed by atoms with Gasteiger partial charge < -0.3 is 14.6 Å². The van der Waals surface area contributed by atoms with E-state index in [0.29, 0.717) is 6.61 Å². The van der Waals surface area contributed by atoms with Crippen molar-refractivity contribution in [2.75, 3.05) is 13.2 Å². The maximum Gasteiger partial charge on any atom is 1.00 e.